The van der Waals surface area contributed by atoms with E-state index < -0.39 is 0 Å². The summed E-state index contributed by atoms with van der Waals surface area (Å²) in [4.78, 5) is 14.4. The molecule has 1 fully saturated rings. The predicted octanol–water partition coefficient (Wildman–Crippen LogP) is 2.34. The van der Waals surface area contributed by atoms with E-state index in [1.54, 1.807) is 0 Å². The zero-order valence-electron chi connectivity index (χ0n) is 15.9. The van der Waals surface area contributed by atoms with Gasteiger partial charge in [0, 0.05) is 31.1 Å². The van der Waals surface area contributed by atoms with E-state index in [-0.39, 0.29) is 18.6 Å². The molecule has 1 heterocycles. The molecule has 1 saturated heterocycles. The molecule has 1 aromatic rings. The van der Waals surface area contributed by atoms with Gasteiger partial charge in [-0.15, -0.1) is 0 Å². The van der Waals surface area contributed by atoms with E-state index >= 15 is 0 Å². The second kappa shape index (κ2) is 7.53. The van der Waals surface area contributed by atoms with E-state index in [0.29, 0.717) is 18.0 Å². The fraction of sp³-hybridized carbons (Fsp3) is 0.632. The largest absolute Gasteiger partial charge is 0.483 e. The van der Waals surface area contributed by atoms with Crippen LogP contribution in [0.5, 0.6) is 5.75 Å². The quantitative estimate of drug-likeness (QED) is 0.868. The lowest BCUT2D eigenvalue weighted by Crippen LogP contribution is -2.47. The van der Waals surface area contributed by atoms with Crippen molar-refractivity contribution in [3.63, 3.8) is 0 Å². The molecule has 3 unspecified atom stereocenters. The van der Waals surface area contributed by atoms with E-state index in [1.807, 2.05) is 31.9 Å². The van der Waals surface area contributed by atoms with E-state index in [2.05, 4.69) is 44.6 Å². The number of nitrogens with zero attached hydrogens (tertiary/aromatic N) is 1. The molecule has 1 aromatic carbocycles. The van der Waals surface area contributed by atoms with Crippen molar-refractivity contribution < 1.29 is 9.53 Å². The Kier molecular flexibility index (Phi) is 5.88. The van der Waals surface area contributed by atoms with Crippen LogP contribution in [0.1, 0.15) is 37.5 Å². The van der Waals surface area contributed by atoms with Crippen molar-refractivity contribution in [1.82, 2.24) is 15.8 Å². The topological polar surface area (TPSA) is 53.6 Å². The summed E-state index contributed by atoms with van der Waals surface area (Å²) in [5.74, 6) is 1.20. The smallest absolute Gasteiger partial charge is 0.260 e. The first kappa shape index (κ1) is 18.7. The number of nitrogens with one attached hydrogen (secondary N) is 2. The van der Waals surface area contributed by atoms with Gasteiger partial charge in [-0.3, -0.25) is 15.6 Å². The summed E-state index contributed by atoms with van der Waals surface area (Å²) in [5, 5.41) is 0. The molecule has 0 spiro atoms. The highest BCUT2D eigenvalue weighted by Crippen LogP contribution is 2.26. The lowest BCUT2D eigenvalue weighted by Gasteiger charge is -2.33. The van der Waals surface area contributed by atoms with Gasteiger partial charge >= 0.3 is 0 Å². The lowest BCUT2D eigenvalue weighted by molar-refractivity contribution is -0.134. The minimum absolute atomic E-state index is 0.00843. The summed E-state index contributed by atoms with van der Waals surface area (Å²) >= 11 is 0. The Morgan fingerprint density at radius 1 is 1.17 bits per heavy atom. The third kappa shape index (κ3) is 3.73. The first-order chi connectivity index (χ1) is 11.2. The van der Waals surface area contributed by atoms with Gasteiger partial charge in [0.25, 0.3) is 5.91 Å². The van der Waals surface area contributed by atoms with Crippen LogP contribution in [-0.2, 0) is 4.79 Å². The molecule has 134 valence electrons. The maximum Gasteiger partial charge on any atom is 0.260 e. The normalized spacial score (nSPS) is 24.7. The second-order valence-corrected chi connectivity index (χ2v) is 7.13. The van der Waals surface area contributed by atoms with Crippen molar-refractivity contribution in [2.45, 2.75) is 59.7 Å². The van der Waals surface area contributed by atoms with Crippen LogP contribution in [0, 0.1) is 26.7 Å². The zero-order valence-corrected chi connectivity index (χ0v) is 15.9. The molecule has 2 rings (SSSR count). The van der Waals surface area contributed by atoms with Crippen LogP contribution in [0.15, 0.2) is 12.1 Å². The number of amides is 1. The van der Waals surface area contributed by atoms with Crippen molar-refractivity contribution in [3.8, 4) is 5.75 Å². The summed E-state index contributed by atoms with van der Waals surface area (Å²) in [6.45, 7) is 12.6. The number of aryl methyl sites for hydroxylation is 2. The van der Waals surface area contributed by atoms with E-state index in [9.17, 15) is 4.79 Å². The average Bonchev–Trinajstić information content (AvgIpc) is 2.88. The molecule has 0 aromatic heterocycles. The zero-order chi connectivity index (χ0) is 18.0. The first-order valence-electron chi connectivity index (χ1n) is 8.70. The van der Waals surface area contributed by atoms with Crippen LogP contribution in [0.4, 0.5) is 0 Å². The van der Waals surface area contributed by atoms with Crippen molar-refractivity contribution in [2.75, 3.05) is 13.7 Å². The average molecular weight is 333 g/mol. The molecule has 0 radical (unpaired) electrons. The molecular weight excluding hydrogens is 302 g/mol. The number of hydrogen-bond donors (Lipinski definition) is 2. The van der Waals surface area contributed by atoms with Gasteiger partial charge in [0.1, 0.15) is 5.75 Å². The van der Waals surface area contributed by atoms with Crippen LogP contribution < -0.4 is 15.6 Å². The molecule has 5 heteroatoms. The Labute approximate surface area is 145 Å². The highest BCUT2D eigenvalue weighted by Gasteiger charge is 2.37. The number of hydrazine groups is 1. The Hall–Kier alpha value is -1.59. The number of rotatable bonds is 5. The molecule has 1 aliphatic heterocycles. The molecule has 1 aliphatic rings. The van der Waals surface area contributed by atoms with Crippen LogP contribution in [-0.4, -0.2) is 42.6 Å². The van der Waals surface area contributed by atoms with E-state index in [0.717, 1.165) is 16.9 Å². The maximum absolute atomic E-state index is 12.6. The number of carbonyl (C=O) groups is 1. The van der Waals surface area contributed by atoms with Crippen LogP contribution >= 0.6 is 0 Å². The standard InChI is InChI=1S/C19H31N3O2/c1-11-8-9-12(2)19(13(11)3)24-10-17(23)22(7)16(6)18-14(4)20-21-15(18)5/h8-9,14-16,18,20-21H,10H2,1-7H3. The van der Waals surface area contributed by atoms with Crippen molar-refractivity contribution in [1.29, 1.82) is 0 Å². The minimum atomic E-state index is 0.00843. The summed E-state index contributed by atoms with van der Waals surface area (Å²) in [6.07, 6.45) is 0. The first-order valence-corrected chi connectivity index (χ1v) is 8.70. The fourth-order valence-electron chi connectivity index (χ4n) is 3.59. The monoisotopic (exact) mass is 333 g/mol. The molecule has 0 aliphatic carbocycles. The van der Waals surface area contributed by atoms with Crippen molar-refractivity contribution >= 4 is 5.91 Å². The van der Waals surface area contributed by atoms with Crippen LogP contribution in [0.2, 0.25) is 0 Å². The second-order valence-electron chi connectivity index (χ2n) is 7.13. The molecular formula is C19H31N3O2. The Morgan fingerprint density at radius 3 is 2.29 bits per heavy atom. The number of carbonyl (C=O) groups excluding carboxylic acids is 1. The molecule has 24 heavy (non-hydrogen) atoms. The molecule has 0 saturated carbocycles. The fourth-order valence-corrected chi connectivity index (χ4v) is 3.59. The summed E-state index contributed by atoms with van der Waals surface area (Å²) in [7, 11) is 1.87. The highest BCUT2D eigenvalue weighted by molar-refractivity contribution is 5.78. The van der Waals surface area contributed by atoms with Gasteiger partial charge in [0.15, 0.2) is 6.61 Å². The van der Waals surface area contributed by atoms with E-state index in [4.69, 9.17) is 4.74 Å². The van der Waals surface area contributed by atoms with Crippen LogP contribution in [0.25, 0.3) is 0 Å². The highest BCUT2D eigenvalue weighted by atomic mass is 16.5. The van der Waals surface area contributed by atoms with Crippen molar-refractivity contribution in [3.05, 3.63) is 28.8 Å². The molecule has 5 nitrogen and oxygen atoms in total. The van der Waals surface area contributed by atoms with Gasteiger partial charge in [0.2, 0.25) is 0 Å². The van der Waals surface area contributed by atoms with Gasteiger partial charge in [-0.2, -0.15) is 0 Å². The number of benzene rings is 1. The number of ether oxygens (including phenoxy) is 1. The van der Waals surface area contributed by atoms with E-state index in [1.165, 1.54) is 5.56 Å². The molecule has 1 amide bonds. The number of hydrogen-bond acceptors (Lipinski definition) is 4. The SMILES string of the molecule is Cc1ccc(C)c(OCC(=O)N(C)C(C)C2C(C)NNC2C)c1C. The number of likely N-dealkylation sites (N-methyl/N-ethyl adjacent to an activating group) is 1. The Morgan fingerprint density at radius 2 is 1.71 bits per heavy atom. The van der Waals surface area contributed by atoms with Crippen LogP contribution in [0.3, 0.4) is 0 Å². The minimum Gasteiger partial charge on any atom is -0.483 e. The third-order valence-electron chi connectivity index (χ3n) is 5.47. The van der Waals surface area contributed by atoms with Gasteiger partial charge in [-0.25, -0.2) is 0 Å². The van der Waals surface area contributed by atoms with Gasteiger partial charge in [-0.05, 0) is 58.2 Å². The summed E-state index contributed by atoms with van der Waals surface area (Å²) in [6, 6.07) is 4.90. The van der Waals surface area contributed by atoms with Gasteiger partial charge in [0.05, 0.1) is 0 Å². The molecule has 2 N–H and O–H groups in total. The molecule has 0 bridgehead atoms. The lowest BCUT2D eigenvalue weighted by atomic mass is 9.89. The summed E-state index contributed by atoms with van der Waals surface area (Å²) in [5.41, 5.74) is 9.85. The summed E-state index contributed by atoms with van der Waals surface area (Å²) < 4.78 is 5.88. The Bertz CT molecular complexity index is 593. The van der Waals surface area contributed by atoms with Gasteiger partial charge < -0.3 is 9.64 Å². The predicted molar refractivity (Wildman–Crippen MR) is 97.1 cm³/mol. The van der Waals surface area contributed by atoms with Crippen molar-refractivity contribution in [2.24, 2.45) is 5.92 Å². The third-order valence-corrected chi connectivity index (χ3v) is 5.47. The Balaban J connectivity index is 2.01. The maximum atomic E-state index is 12.6. The van der Waals surface area contributed by atoms with Gasteiger partial charge in [-0.1, -0.05) is 12.1 Å². The molecule has 3 atom stereocenters.